The summed E-state index contributed by atoms with van der Waals surface area (Å²) in [5.41, 5.74) is 2.37. The van der Waals surface area contributed by atoms with Gasteiger partial charge in [-0.05, 0) is 83.9 Å². The van der Waals surface area contributed by atoms with Crippen LogP contribution < -0.4 is 9.62 Å². The van der Waals surface area contributed by atoms with E-state index in [2.05, 4.69) is 5.32 Å². The Morgan fingerprint density at radius 3 is 2.12 bits per heavy atom. The van der Waals surface area contributed by atoms with Crippen molar-refractivity contribution in [3.8, 4) is 0 Å². The van der Waals surface area contributed by atoms with Gasteiger partial charge in [0.2, 0.25) is 11.8 Å². The molecule has 3 rings (SSSR count). The van der Waals surface area contributed by atoms with E-state index < -0.39 is 45.8 Å². The lowest BCUT2D eigenvalue weighted by Crippen LogP contribution is -2.54. The zero-order chi connectivity index (χ0) is 29.8. The molecule has 9 heteroatoms. The normalized spacial score (nSPS) is 12.5. The number of amides is 2. The summed E-state index contributed by atoms with van der Waals surface area (Å²) in [6.07, 6.45) is 0. The maximum absolute atomic E-state index is 14.7. The van der Waals surface area contributed by atoms with Gasteiger partial charge in [0.25, 0.3) is 10.0 Å². The van der Waals surface area contributed by atoms with Gasteiger partial charge >= 0.3 is 0 Å². The molecule has 0 aliphatic heterocycles. The molecule has 0 saturated heterocycles. The number of nitrogens with zero attached hydrogens (tertiary/aromatic N) is 2. The fourth-order valence-corrected chi connectivity index (χ4v) is 5.68. The van der Waals surface area contributed by atoms with Crippen LogP contribution in [0.2, 0.25) is 0 Å². The highest BCUT2D eigenvalue weighted by atomic mass is 32.2. The molecule has 1 atom stereocenters. The molecule has 0 radical (unpaired) electrons. The molecular weight excluding hydrogens is 529 g/mol. The van der Waals surface area contributed by atoms with Crippen molar-refractivity contribution in [3.63, 3.8) is 0 Å². The smallest absolute Gasteiger partial charge is 0.264 e. The van der Waals surface area contributed by atoms with E-state index in [9.17, 15) is 22.4 Å². The van der Waals surface area contributed by atoms with Crippen molar-refractivity contribution < 1.29 is 22.4 Å². The average molecular weight is 568 g/mol. The third kappa shape index (κ3) is 7.47. The largest absolute Gasteiger partial charge is 0.350 e. The second-order valence-corrected chi connectivity index (χ2v) is 13.0. The highest BCUT2D eigenvalue weighted by Gasteiger charge is 2.34. The first kappa shape index (κ1) is 30.8. The van der Waals surface area contributed by atoms with Gasteiger partial charge in [-0.1, -0.05) is 48.0 Å². The quantitative estimate of drug-likeness (QED) is 0.381. The Hall–Kier alpha value is -3.72. The van der Waals surface area contributed by atoms with Crippen LogP contribution in [0.4, 0.5) is 10.1 Å². The topological polar surface area (TPSA) is 86.8 Å². The molecule has 0 fully saturated rings. The summed E-state index contributed by atoms with van der Waals surface area (Å²) < 4.78 is 43.7. The average Bonchev–Trinajstić information content (AvgIpc) is 2.87. The number of benzene rings is 3. The fourth-order valence-electron chi connectivity index (χ4n) is 4.21. The Kier molecular flexibility index (Phi) is 9.40. The molecule has 0 unspecified atom stereocenters. The Bertz CT molecular complexity index is 1480. The van der Waals surface area contributed by atoms with Crippen molar-refractivity contribution in [1.82, 2.24) is 10.2 Å². The Balaban J connectivity index is 2.09. The van der Waals surface area contributed by atoms with Gasteiger partial charge in [0.05, 0.1) is 10.6 Å². The van der Waals surface area contributed by atoms with Gasteiger partial charge in [-0.15, -0.1) is 0 Å². The standard InChI is InChI=1S/C31H38FN3O4S/c1-21-13-16-26(17-14-21)40(38,39)35(28-18-22(2)12-15-23(28)3)20-29(36)34(19-25-10-8-9-11-27(25)32)24(4)30(37)33-31(5,6)7/h8-18,24H,19-20H2,1-7H3,(H,33,37)/t24-/m0/s1. The summed E-state index contributed by atoms with van der Waals surface area (Å²) in [5, 5.41) is 2.86. The van der Waals surface area contributed by atoms with Crippen LogP contribution in [0.5, 0.6) is 0 Å². The second kappa shape index (κ2) is 12.2. The van der Waals surface area contributed by atoms with E-state index in [4.69, 9.17) is 0 Å². The van der Waals surface area contributed by atoms with Crippen LogP contribution in [-0.4, -0.2) is 43.3 Å². The van der Waals surface area contributed by atoms with Crippen molar-refractivity contribution in [2.45, 2.75) is 71.5 Å². The Morgan fingerprint density at radius 2 is 1.52 bits per heavy atom. The Morgan fingerprint density at radius 1 is 0.925 bits per heavy atom. The summed E-state index contributed by atoms with van der Waals surface area (Å²) in [7, 11) is -4.18. The molecule has 2 amide bonds. The van der Waals surface area contributed by atoms with E-state index in [-0.39, 0.29) is 17.0 Å². The van der Waals surface area contributed by atoms with Crippen molar-refractivity contribution >= 4 is 27.5 Å². The molecule has 0 aliphatic carbocycles. The monoisotopic (exact) mass is 567 g/mol. The predicted molar refractivity (Wildman–Crippen MR) is 156 cm³/mol. The molecule has 0 aromatic heterocycles. The van der Waals surface area contributed by atoms with Crippen LogP contribution in [-0.2, 0) is 26.2 Å². The number of carbonyl (C=O) groups excluding carboxylic acids is 2. The third-order valence-corrected chi connectivity index (χ3v) is 8.26. The van der Waals surface area contributed by atoms with Gasteiger partial charge in [0.15, 0.2) is 0 Å². The van der Waals surface area contributed by atoms with Crippen LogP contribution >= 0.6 is 0 Å². The summed E-state index contributed by atoms with van der Waals surface area (Å²) in [6.45, 7) is 11.7. The number of hydrogen-bond donors (Lipinski definition) is 1. The molecular formula is C31H38FN3O4S. The number of carbonyl (C=O) groups is 2. The van der Waals surface area contributed by atoms with Gasteiger partial charge in [-0.3, -0.25) is 13.9 Å². The van der Waals surface area contributed by atoms with Crippen LogP contribution in [0.25, 0.3) is 0 Å². The lowest BCUT2D eigenvalue weighted by Gasteiger charge is -2.34. The number of rotatable bonds is 9. The summed E-state index contributed by atoms with van der Waals surface area (Å²) in [4.78, 5) is 28.4. The molecule has 0 aliphatic rings. The first-order valence-corrected chi connectivity index (χ1v) is 14.6. The highest BCUT2D eigenvalue weighted by Crippen LogP contribution is 2.29. The van der Waals surface area contributed by atoms with Gasteiger partial charge < -0.3 is 10.2 Å². The van der Waals surface area contributed by atoms with Gasteiger partial charge in [-0.25, -0.2) is 12.8 Å². The Labute approximate surface area is 237 Å². The second-order valence-electron chi connectivity index (χ2n) is 11.1. The van der Waals surface area contributed by atoms with Crippen molar-refractivity contribution in [3.05, 3.63) is 94.8 Å². The van der Waals surface area contributed by atoms with E-state index in [1.165, 1.54) is 35.2 Å². The van der Waals surface area contributed by atoms with Crippen LogP contribution in [0.15, 0.2) is 71.6 Å². The molecule has 7 nitrogen and oxygen atoms in total. The maximum Gasteiger partial charge on any atom is 0.264 e. The number of sulfonamides is 1. The van der Waals surface area contributed by atoms with Gasteiger partial charge in [0, 0.05) is 17.6 Å². The number of nitrogens with one attached hydrogen (secondary N) is 1. The van der Waals surface area contributed by atoms with E-state index in [1.807, 2.05) is 40.7 Å². The zero-order valence-electron chi connectivity index (χ0n) is 24.2. The molecule has 0 saturated carbocycles. The van der Waals surface area contributed by atoms with E-state index in [0.717, 1.165) is 15.4 Å². The van der Waals surface area contributed by atoms with Gasteiger partial charge in [-0.2, -0.15) is 0 Å². The number of hydrogen-bond acceptors (Lipinski definition) is 4. The fraction of sp³-hybridized carbons (Fsp3) is 0.355. The zero-order valence-corrected chi connectivity index (χ0v) is 25.0. The number of anilines is 1. The summed E-state index contributed by atoms with van der Waals surface area (Å²) >= 11 is 0. The maximum atomic E-state index is 14.7. The molecule has 0 heterocycles. The lowest BCUT2D eigenvalue weighted by atomic mass is 10.1. The molecule has 214 valence electrons. The van der Waals surface area contributed by atoms with Crippen molar-refractivity contribution in [2.75, 3.05) is 10.8 Å². The highest BCUT2D eigenvalue weighted by molar-refractivity contribution is 7.92. The lowest BCUT2D eigenvalue weighted by molar-refractivity contribution is -0.140. The predicted octanol–water partition coefficient (Wildman–Crippen LogP) is 5.28. The molecule has 3 aromatic carbocycles. The van der Waals surface area contributed by atoms with E-state index in [0.29, 0.717) is 11.3 Å². The van der Waals surface area contributed by atoms with E-state index >= 15 is 0 Å². The van der Waals surface area contributed by atoms with Crippen LogP contribution in [0.1, 0.15) is 49.9 Å². The summed E-state index contributed by atoms with van der Waals surface area (Å²) in [5.74, 6) is -1.60. The van der Waals surface area contributed by atoms with Crippen molar-refractivity contribution in [2.24, 2.45) is 0 Å². The number of aryl methyl sites for hydroxylation is 3. The number of halogens is 1. The minimum absolute atomic E-state index is 0.0333. The molecule has 3 aromatic rings. The van der Waals surface area contributed by atoms with Crippen molar-refractivity contribution in [1.29, 1.82) is 0 Å². The molecule has 0 bridgehead atoms. The van der Waals surface area contributed by atoms with Gasteiger partial charge in [0.1, 0.15) is 18.4 Å². The van der Waals surface area contributed by atoms with E-state index in [1.54, 1.807) is 44.2 Å². The first-order valence-electron chi connectivity index (χ1n) is 13.1. The minimum atomic E-state index is -4.18. The molecule has 0 spiro atoms. The first-order chi connectivity index (χ1) is 18.6. The SMILES string of the molecule is Cc1ccc(S(=O)(=O)N(CC(=O)N(Cc2ccccc2F)[C@@H](C)C(=O)NC(C)(C)C)c2cc(C)ccc2C)cc1. The third-order valence-electron chi connectivity index (χ3n) is 6.49. The summed E-state index contributed by atoms with van der Waals surface area (Å²) in [6, 6.07) is 16.8. The molecule has 40 heavy (non-hydrogen) atoms. The minimum Gasteiger partial charge on any atom is -0.350 e. The van der Waals surface area contributed by atoms with Crippen LogP contribution in [0, 0.1) is 26.6 Å². The van der Waals surface area contributed by atoms with Crippen LogP contribution in [0.3, 0.4) is 0 Å². The molecule has 1 N–H and O–H groups in total.